The summed E-state index contributed by atoms with van der Waals surface area (Å²) in [5.41, 5.74) is 1.93. The largest absolute Gasteiger partial charge is 0.482 e. The van der Waals surface area contributed by atoms with Gasteiger partial charge in [0.15, 0.2) is 6.61 Å². The summed E-state index contributed by atoms with van der Waals surface area (Å²) in [6, 6.07) is 19.6. The van der Waals surface area contributed by atoms with Crippen LogP contribution >= 0.6 is 11.6 Å². The Morgan fingerprint density at radius 2 is 1.63 bits per heavy atom. The second kappa shape index (κ2) is 8.94. The Bertz CT molecular complexity index is 1030. The number of halogens is 1. The summed E-state index contributed by atoms with van der Waals surface area (Å²) in [6.45, 7) is 3.82. The maximum atomic E-state index is 12.7. The summed E-state index contributed by atoms with van der Waals surface area (Å²) in [4.78, 5) is 18.9. The number of fused-ring (bicyclic) bond motifs is 1. The number of nitrogens with zero attached hydrogens (tertiary/aromatic N) is 3. The predicted molar refractivity (Wildman–Crippen MR) is 124 cm³/mol. The average molecular weight is 424 g/mol. The van der Waals surface area contributed by atoms with Gasteiger partial charge in [0.1, 0.15) is 5.75 Å². The highest BCUT2D eigenvalue weighted by Gasteiger charge is 2.20. The zero-order chi connectivity index (χ0) is 21.1. The zero-order valence-corrected chi connectivity index (χ0v) is 18.1. The molecule has 3 aromatic carbocycles. The van der Waals surface area contributed by atoms with Gasteiger partial charge in [0.05, 0.1) is 5.02 Å². The van der Waals surface area contributed by atoms with Crippen LogP contribution in [0.1, 0.15) is 0 Å². The van der Waals surface area contributed by atoms with Crippen molar-refractivity contribution in [1.29, 1.82) is 0 Å². The lowest BCUT2D eigenvalue weighted by molar-refractivity contribution is -0.120. The molecule has 0 unspecified atom stereocenters. The lowest BCUT2D eigenvalue weighted by Gasteiger charge is -2.35. The highest BCUT2D eigenvalue weighted by Crippen LogP contribution is 2.40. The van der Waals surface area contributed by atoms with E-state index in [9.17, 15) is 4.79 Å². The Morgan fingerprint density at radius 3 is 2.33 bits per heavy atom. The highest BCUT2D eigenvalue weighted by molar-refractivity contribution is 6.37. The smallest absolute Gasteiger partial charge is 0.264 e. The number of para-hydroxylation sites is 1. The maximum Gasteiger partial charge on any atom is 0.264 e. The minimum atomic E-state index is -0.133. The van der Waals surface area contributed by atoms with Gasteiger partial charge in [0.25, 0.3) is 5.91 Å². The molecule has 0 atom stereocenters. The van der Waals surface area contributed by atoms with Crippen molar-refractivity contribution < 1.29 is 9.53 Å². The van der Waals surface area contributed by atoms with Crippen LogP contribution in [0.15, 0.2) is 60.7 Å². The third kappa shape index (κ3) is 4.23. The number of hydrogen-bond acceptors (Lipinski definition) is 4. The lowest BCUT2D eigenvalue weighted by Crippen LogP contribution is -2.44. The first-order chi connectivity index (χ1) is 14.5. The first-order valence-corrected chi connectivity index (χ1v) is 10.5. The molecule has 1 heterocycles. The molecule has 1 aliphatic heterocycles. The Hall–Kier alpha value is -2.76. The number of ether oxygens (including phenoxy) is 1. The van der Waals surface area contributed by atoms with Crippen LogP contribution in [0.2, 0.25) is 5.02 Å². The quantitative estimate of drug-likeness (QED) is 0.613. The molecule has 5 nitrogen and oxygen atoms in total. The van der Waals surface area contributed by atoms with Gasteiger partial charge in [-0.1, -0.05) is 54.1 Å². The molecule has 0 aromatic heterocycles. The summed E-state index contributed by atoms with van der Waals surface area (Å²) in [5, 5.41) is 2.58. The van der Waals surface area contributed by atoms with E-state index in [1.807, 2.05) is 54.6 Å². The van der Waals surface area contributed by atoms with Crippen molar-refractivity contribution >= 4 is 39.7 Å². The fourth-order valence-corrected chi connectivity index (χ4v) is 4.02. The second-order valence-electron chi connectivity index (χ2n) is 7.62. The van der Waals surface area contributed by atoms with E-state index in [4.69, 9.17) is 16.3 Å². The minimum Gasteiger partial charge on any atom is -0.482 e. The van der Waals surface area contributed by atoms with Gasteiger partial charge in [-0.2, -0.15) is 0 Å². The van der Waals surface area contributed by atoms with Crippen LogP contribution in [0, 0.1) is 0 Å². The Labute approximate surface area is 182 Å². The summed E-state index contributed by atoms with van der Waals surface area (Å²) in [7, 11) is 3.89. The van der Waals surface area contributed by atoms with Gasteiger partial charge in [-0.05, 0) is 19.2 Å². The van der Waals surface area contributed by atoms with Gasteiger partial charge >= 0.3 is 0 Å². The normalized spacial score (nSPS) is 14.7. The third-order valence-corrected chi connectivity index (χ3v) is 6.03. The minimum absolute atomic E-state index is 0.0777. The van der Waals surface area contributed by atoms with Gasteiger partial charge in [0, 0.05) is 61.4 Å². The van der Waals surface area contributed by atoms with Crippen LogP contribution in [-0.2, 0) is 4.79 Å². The number of likely N-dealkylation sites (N-methyl/N-ethyl adjacent to an activating group) is 2. The number of rotatable bonds is 5. The maximum absolute atomic E-state index is 12.7. The highest BCUT2D eigenvalue weighted by atomic mass is 35.5. The van der Waals surface area contributed by atoms with Crippen molar-refractivity contribution in [3.05, 3.63) is 65.7 Å². The first kappa shape index (κ1) is 20.5. The van der Waals surface area contributed by atoms with E-state index in [0.717, 1.165) is 48.3 Å². The van der Waals surface area contributed by atoms with Crippen molar-refractivity contribution in [2.24, 2.45) is 0 Å². The van der Waals surface area contributed by atoms with E-state index in [1.54, 1.807) is 11.9 Å². The lowest BCUT2D eigenvalue weighted by atomic mass is 10.1. The topological polar surface area (TPSA) is 36.0 Å². The monoisotopic (exact) mass is 423 g/mol. The second-order valence-corrected chi connectivity index (χ2v) is 8.00. The Kier molecular flexibility index (Phi) is 6.11. The molecule has 156 valence electrons. The molecule has 0 aliphatic carbocycles. The molecule has 6 heteroatoms. The molecule has 0 saturated carbocycles. The van der Waals surface area contributed by atoms with Crippen molar-refractivity contribution in [3.63, 3.8) is 0 Å². The van der Waals surface area contributed by atoms with Crippen molar-refractivity contribution in [1.82, 2.24) is 4.90 Å². The molecule has 1 saturated heterocycles. The fourth-order valence-electron chi connectivity index (χ4n) is 3.74. The van der Waals surface area contributed by atoms with Gasteiger partial charge in [-0.25, -0.2) is 0 Å². The number of anilines is 2. The van der Waals surface area contributed by atoms with E-state index in [2.05, 4.69) is 22.9 Å². The summed E-state index contributed by atoms with van der Waals surface area (Å²) in [6.07, 6.45) is 0. The summed E-state index contributed by atoms with van der Waals surface area (Å²) >= 11 is 6.68. The number of carbonyl (C=O) groups excluding carboxylic acids is 1. The Balaban J connectivity index is 1.59. The third-order valence-electron chi connectivity index (χ3n) is 5.64. The molecule has 1 fully saturated rings. The first-order valence-electron chi connectivity index (χ1n) is 10.1. The molecule has 3 aromatic rings. The van der Waals surface area contributed by atoms with Gasteiger partial charge < -0.3 is 19.4 Å². The number of carbonyl (C=O) groups is 1. The molecule has 0 spiro atoms. The number of amides is 1. The van der Waals surface area contributed by atoms with Crippen LogP contribution in [-0.4, -0.2) is 57.7 Å². The number of hydrogen-bond donors (Lipinski definition) is 0. The molecule has 0 radical (unpaired) electrons. The van der Waals surface area contributed by atoms with Gasteiger partial charge in [-0.15, -0.1) is 0 Å². The molecule has 0 bridgehead atoms. The van der Waals surface area contributed by atoms with Crippen molar-refractivity contribution in [2.45, 2.75) is 0 Å². The van der Waals surface area contributed by atoms with E-state index >= 15 is 0 Å². The van der Waals surface area contributed by atoms with Gasteiger partial charge in [0.2, 0.25) is 0 Å². The molecule has 0 N–H and O–H groups in total. The molecule has 4 rings (SSSR count). The summed E-state index contributed by atoms with van der Waals surface area (Å²) in [5.74, 6) is 0.408. The number of piperazine rings is 1. The molecule has 30 heavy (non-hydrogen) atoms. The van der Waals surface area contributed by atoms with Crippen LogP contribution in [0.25, 0.3) is 10.8 Å². The van der Waals surface area contributed by atoms with Crippen LogP contribution in [0.4, 0.5) is 11.4 Å². The van der Waals surface area contributed by atoms with Crippen LogP contribution < -0.4 is 14.5 Å². The standard InChI is InChI=1S/C24H26ClN3O2/c1-26-12-14-28(15-13-26)21-16-22(24(25)20-11-7-6-10-19(20)21)30-17-23(29)27(2)18-8-4-3-5-9-18/h3-11,16H,12-15,17H2,1-2H3. The summed E-state index contributed by atoms with van der Waals surface area (Å²) < 4.78 is 5.94. The SMILES string of the molecule is CN1CCN(c2cc(OCC(=O)N(C)c3ccccc3)c(Cl)c3ccccc23)CC1. The zero-order valence-electron chi connectivity index (χ0n) is 17.3. The van der Waals surface area contributed by atoms with Crippen LogP contribution in [0.3, 0.4) is 0 Å². The predicted octanol–water partition coefficient (Wildman–Crippen LogP) is 4.29. The van der Waals surface area contributed by atoms with Crippen molar-refractivity contribution in [2.75, 3.05) is 56.7 Å². The van der Waals surface area contributed by atoms with Gasteiger partial charge in [-0.3, -0.25) is 4.79 Å². The van der Waals surface area contributed by atoms with Crippen molar-refractivity contribution in [3.8, 4) is 5.75 Å². The molecular weight excluding hydrogens is 398 g/mol. The average Bonchev–Trinajstić information content (AvgIpc) is 2.79. The van der Waals surface area contributed by atoms with E-state index in [-0.39, 0.29) is 12.5 Å². The fraction of sp³-hybridized carbons (Fsp3) is 0.292. The van der Waals surface area contributed by atoms with E-state index in [0.29, 0.717) is 10.8 Å². The van der Waals surface area contributed by atoms with E-state index < -0.39 is 0 Å². The Morgan fingerprint density at radius 1 is 1.00 bits per heavy atom. The van der Waals surface area contributed by atoms with E-state index in [1.165, 1.54) is 0 Å². The molecule has 1 amide bonds. The number of benzene rings is 3. The molecule has 1 aliphatic rings. The molecular formula is C24H26ClN3O2. The van der Waals surface area contributed by atoms with Crippen LogP contribution in [0.5, 0.6) is 5.75 Å².